The average Bonchev–Trinajstić information content (AvgIpc) is 2.41. The van der Waals surface area contributed by atoms with Crippen molar-refractivity contribution in [1.82, 2.24) is 5.32 Å². The lowest BCUT2D eigenvalue weighted by molar-refractivity contribution is -0.144. The van der Waals surface area contributed by atoms with Crippen molar-refractivity contribution in [3.05, 3.63) is 29.3 Å². The summed E-state index contributed by atoms with van der Waals surface area (Å²) < 4.78 is 5.07. The van der Waals surface area contributed by atoms with E-state index in [1.165, 1.54) is 0 Å². The minimum Gasteiger partial charge on any atom is -0.465 e. The molecule has 0 saturated carbocycles. The van der Waals surface area contributed by atoms with Crippen LogP contribution in [0.5, 0.6) is 0 Å². The molecular weight excluding hydrogens is 282 g/mol. The van der Waals surface area contributed by atoms with Crippen molar-refractivity contribution in [1.29, 1.82) is 0 Å². The fourth-order valence-electron chi connectivity index (χ4n) is 1.51. The molecule has 1 atom stereocenters. The molecule has 1 aromatic carbocycles. The van der Waals surface area contributed by atoms with E-state index in [1.54, 1.807) is 11.8 Å². The van der Waals surface area contributed by atoms with Crippen LogP contribution in [0, 0.1) is 0 Å². The molecule has 3 nitrogen and oxygen atoms in total. The normalized spacial score (nSPS) is 12.2. The minimum atomic E-state index is -0.291. The van der Waals surface area contributed by atoms with Crippen molar-refractivity contribution in [2.45, 2.75) is 31.2 Å². The van der Waals surface area contributed by atoms with Crippen molar-refractivity contribution in [2.24, 2.45) is 0 Å². The van der Waals surface area contributed by atoms with Gasteiger partial charge in [-0.05, 0) is 32.0 Å². The topological polar surface area (TPSA) is 38.3 Å². The Labute approximate surface area is 124 Å². The van der Waals surface area contributed by atoms with E-state index in [1.807, 2.05) is 31.2 Å². The van der Waals surface area contributed by atoms with Crippen molar-refractivity contribution in [2.75, 3.05) is 18.9 Å². The molecule has 1 rings (SSSR count). The van der Waals surface area contributed by atoms with Crippen LogP contribution in [0.1, 0.15) is 20.3 Å². The van der Waals surface area contributed by atoms with Crippen molar-refractivity contribution >= 4 is 29.3 Å². The van der Waals surface area contributed by atoms with Crippen molar-refractivity contribution < 1.29 is 9.53 Å². The molecule has 1 unspecified atom stereocenters. The maximum absolute atomic E-state index is 11.8. The molecule has 0 aliphatic rings. The molecule has 0 heterocycles. The zero-order valence-corrected chi connectivity index (χ0v) is 12.9. The summed E-state index contributed by atoms with van der Waals surface area (Å²) in [4.78, 5) is 12.8. The molecule has 1 N–H and O–H groups in total. The van der Waals surface area contributed by atoms with Gasteiger partial charge in [0.15, 0.2) is 0 Å². The molecule has 5 heteroatoms. The summed E-state index contributed by atoms with van der Waals surface area (Å²) in [6.45, 7) is 5.08. The number of carbonyl (C=O) groups excluding carboxylic acids is 1. The molecule has 19 heavy (non-hydrogen) atoms. The van der Waals surface area contributed by atoms with Gasteiger partial charge in [-0.25, -0.2) is 0 Å². The molecule has 0 bridgehead atoms. The summed E-state index contributed by atoms with van der Waals surface area (Å²) in [5.41, 5.74) is 0. The summed E-state index contributed by atoms with van der Waals surface area (Å²) in [6, 6.07) is 7.34. The highest BCUT2D eigenvalue weighted by molar-refractivity contribution is 7.99. The molecule has 1 aromatic rings. The number of halogens is 1. The quantitative estimate of drug-likeness (QED) is 0.590. The van der Waals surface area contributed by atoms with Gasteiger partial charge in [-0.2, -0.15) is 0 Å². The second-order valence-electron chi connectivity index (χ2n) is 4.00. The predicted octanol–water partition coefficient (Wildman–Crippen LogP) is 3.36. The molecule has 0 aliphatic carbocycles. The first kappa shape index (κ1) is 16.3. The first-order chi connectivity index (χ1) is 9.19. The van der Waals surface area contributed by atoms with Gasteiger partial charge >= 0.3 is 5.97 Å². The highest BCUT2D eigenvalue weighted by Gasteiger charge is 2.19. The zero-order valence-electron chi connectivity index (χ0n) is 11.3. The SMILES string of the molecule is CCCNC(CSc1ccccc1Cl)C(=O)OCC. The summed E-state index contributed by atoms with van der Waals surface area (Å²) in [5.74, 6) is 0.415. The van der Waals surface area contributed by atoms with Gasteiger partial charge in [0, 0.05) is 10.6 Å². The standard InChI is InChI=1S/C14H20ClNO2S/c1-3-9-16-12(14(17)18-4-2)10-19-13-8-6-5-7-11(13)15/h5-8,12,16H,3-4,9-10H2,1-2H3. The minimum absolute atomic E-state index is 0.199. The van der Waals surface area contributed by atoms with Crippen LogP contribution in [0.25, 0.3) is 0 Å². The number of hydrogen-bond acceptors (Lipinski definition) is 4. The van der Waals surface area contributed by atoms with E-state index in [0.29, 0.717) is 17.4 Å². The molecule has 0 spiro atoms. The first-order valence-electron chi connectivity index (χ1n) is 6.46. The number of rotatable bonds is 8. The van der Waals surface area contributed by atoms with Crippen LogP contribution in [0.3, 0.4) is 0 Å². The predicted molar refractivity (Wildman–Crippen MR) is 80.9 cm³/mol. The Hall–Kier alpha value is -0.710. The highest BCUT2D eigenvalue weighted by atomic mass is 35.5. The fraction of sp³-hybridized carbons (Fsp3) is 0.500. The Kier molecular flexibility index (Phi) is 7.94. The van der Waals surface area contributed by atoms with Crippen LogP contribution in [0.2, 0.25) is 5.02 Å². The Balaban J connectivity index is 2.57. The van der Waals surface area contributed by atoms with Crippen LogP contribution in [0.15, 0.2) is 29.2 Å². The maximum atomic E-state index is 11.8. The van der Waals surface area contributed by atoms with Gasteiger partial charge in [0.1, 0.15) is 6.04 Å². The van der Waals surface area contributed by atoms with E-state index < -0.39 is 0 Å². The number of hydrogen-bond donors (Lipinski definition) is 1. The van der Waals surface area contributed by atoms with E-state index in [0.717, 1.165) is 17.9 Å². The second-order valence-corrected chi connectivity index (χ2v) is 5.47. The summed E-state index contributed by atoms with van der Waals surface area (Å²) in [7, 11) is 0. The first-order valence-corrected chi connectivity index (χ1v) is 7.82. The van der Waals surface area contributed by atoms with Crippen LogP contribution in [-0.4, -0.2) is 30.9 Å². The van der Waals surface area contributed by atoms with Gasteiger partial charge in [-0.1, -0.05) is 30.7 Å². The van der Waals surface area contributed by atoms with Crippen molar-refractivity contribution in [3.63, 3.8) is 0 Å². The summed E-state index contributed by atoms with van der Waals surface area (Å²) >= 11 is 7.66. The van der Waals surface area contributed by atoms with E-state index in [4.69, 9.17) is 16.3 Å². The Morgan fingerprint density at radius 2 is 2.16 bits per heavy atom. The summed E-state index contributed by atoms with van der Waals surface area (Å²) in [6.07, 6.45) is 0.979. The number of esters is 1. The maximum Gasteiger partial charge on any atom is 0.323 e. The van der Waals surface area contributed by atoms with Crippen molar-refractivity contribution in [3.8, 4) is 0 Å². The Morgan fingerprint density at radius 3 is 2.79 bits per heavy atom. The third-order valence-corrected chi connectivity index (χ3v) is 4.06. The number of ether oxygens (including phenoxy) is 1. The van der Waals surface area contributed by atoms with Gasteiger partial charge in [-0.3, -0.25) is 4.79 Å². The second kappa shape index (κ2) is 9.23. The third-order valence-electron chi connectivity index (χ3n) is 2.45. The Morgan fingerprint density at radius 1 is 1.42 bits per heavy atom. The van der Waals surface area contributed by atoms with E-state index in [2.05, 4.69) is 12.2 Å². The van der Waals surface area contributed by atoms with E-state index in [-0.39, 0.29) is 12.0 Å². The lowest BCUT2D eigenvalue weighted by Gasteiger charge is -2.16. The van der Waals surface area contributed by atoms with Gasteiger partial charge in [0.05, 0.1) is 11.6 Å². The van der Waals surface area contributed by atoms with Crippen LogP contribution in [-0.2, 0) is 9.53 Å². The lowest BCUT2D eigenvalue weighted by atomic mass is 10.3. The number of carbonyl (C=O) groups is 1. The smallest absolute Gasteiger partial charge is 0.323 e. The van der Waals surface area contributed by atoms with Crippen LogP contribution >= 0.6 is 23.4 Å². The largest absolute Gasteiger partial charge is 0.465 e. The summed E-state index contributed by atoms with van der Waals surface area (Å²) in [5, 5.41) is 3.92. The van der Waals surface area contributed by atoms with Gasteiger partial charge in [0.2, 0.25) is 0 Å². The fourth-order valence-corrected chi connectivity index (χ4v) is 2.79. The lowest BCUT2D eigenvalue weighted by Crippen LogP contribution is -2.40. The Bertz CT molecular complexity index is 401. The third kappa shape index (κ3) is 5.85. The number of nitrogens with one attached hydrogen (secondary N) is 1. The molecule has 0 radical (unpaired) electrons. The number of benzene rings is 1. The zero-order chi connectivity index (χ0) is 14.1. The van der Waals surface area contributed by atoms with Crippen LogP contribution < -0.4 is 5.32 Å². The molecule has 0 saturated heterocycles. The molecule has 106 valence electrons. The molecular formula is C14H20ClNO2S. The van der Waals surface area contributed by atoms with E-state index >= 15 is 0 Å². The van der Waals surface area contributed by atoms with Gasteiger partial charge in [-0.15, -0.1) is 11.8 Å². The molecule has 0 aliphatic heterocycles. The average molecular weight is 302 g/mol. The van der Waals surface area contributed by atoms with Gasteiger partial charge in [0.25, 0.3) is 0 Å². The number of thioether (sulfide) groups is 1. The van der Waals surface area contributed by atoms with Crippen LogP contribution in [0.4, 0.5) is 0 Å². The monoisotopic (exact) mass is 301 g/mol. The molecule has 0 fully saturated rings. The highest BCUT2D eigenvalue weighted by Crippen LogP contribution is 2.27. The van der Waals surface area contributed by atoms with Gasteiger partial charge < -0.3 is 10.1 Å². The van der Waals surface area contributed by atoms with E-state index in [9.17, 15) is 4.79 Å². The molecule has 0 amide bonds. The molecule has 0 aromatic heterocycles.